The first-order valence-corrected chi connectivity index (χ1v) is 12.7. The van der Waals surface area contributed by atoms with Crippen LogP contribution in [-0.4, -0.2) is 62.3 Å². The number of hydrogen-bond donors (Lipinski definition) is 4. The maximum atomic E-state index is 13.6. The highest BCUT2D eigenvalue weighted by molar-refractivity contribution is 7.52. The van der Waals surface area contributed by atoms with Gasteiger partial charge in [-0.05, 0) is 39.8 Å². The lowest BCUT2D eigenvalue weighted by Crippen LogP contribution is -2.47. The zero-order chi connectivity index (χ0) is 26.7. The Labute approximate surface area is 206 Å². The van der Waals surface area contributed by atoms with Crippen molar-refractivity contribution < 1.29 is 38.1 Å². The van der Waals surface area contributed by atoms with Gasteiger partial charge in [-0.15, -0.1) is 0 Å². The Hall–Kier alpha value is -2.80. The van der Waals surface area contributed by atoms with Crippen LogP contribution in [0.5, 0.6) is 5.75 Å². The van der Waals surface area contributed by atoms with E-state index in [1.165, 1.54) is 26.0 Å². The summed E-state index contributed by atoms with van der Waals surface area (Å²) in [5.74, 6) is -0.515. The topological polar surface area (TPSA) is 178 Å². The van der Waals surface area contributed by atoms with E-state index in [1.54, 1.807) is 32.0 Å². The van der Waals surface area contributed by atoms with Crippen LogP contribution in [-0.2, 0) is 23.4 Å². The Morgan fingerprint density at radius 2 is 1.92 bits per heavy atom. The first-order chi connectivity index (χ1) is 16.8. The number of esters is 1. The van der Waals surface area contributed by atoms with Gasteiger partial charge in [-0.2, -0.15) is 5.09 Å². The summed E-state index contributed by atoms with van der Waals surface area (Å²) in [4.78, 5) is 37.9. The van der Waals surface area contributed by atoms with Gasteiger partial charge in [0.2, 0.25) is 0 Å². The molecule has 1 saturated heterocycles. The highest BCUT2D eigenvalue weighted by Gasteiger charge is 2.54. The zero-order valence-corrected chi connectivity index (χ0v) is 21.1. The van der Waals surface area contributed by atoms with Crippen molar-refractivity contribution in [3.8, 4) is 5.75 Å². The van der Waals surface area contributed by atoms with Gasteiger partial charge in [0.05, 0.1) is 12.7 Å². The molecule has 13 nitrogen and oxygen atoms in total. The molecule has 1 aromatic heterocycles. The fraction of sp³-hybridized carbons (Fsp3) is 0.500. The number of aliphatic hydroxyl groups is 2. The predicted molar refractivity (Wildman–Crippen MR) is 126 cm³/mol. The molecule has 2 aromatic rings. The third-order valence-electron chi connectivity index (χ3n) is 5.29. The number of aromatic amines is 1. The van der Waals surface area contributed by atoms with E-state index >= 15 is 0 Å². The number of nitrogens with zero attached hydrogens (tertiary/aromatic N) is 1. The molecule has 0 aliphatic carbocycles. The molecular formula is C22H30N3O10P. The summed E-state index contributed by atoms with van der Waals surface area (Å²) in [5.41, 5.74) is -3.49. The molecule has 0 saturated carbocycles. The summed E-state index contributed by atoms with van der Waals surface area (Å²) >= 11 is 0. The Bertz CT molecular complexity index is 1210. The summed E-state index contributed by atoms with van der Waals surface area (Å²) in [6, 6.07) is 8.02. The van der Waals surface area contributed by atoms with E-state index in [4.69, 9.17) is 18.5 Å². The molecule has 2 heterocycles. The minimum Gasteiger partial charge on any atom is -0.462 e. The summed E-state index contributed by atoms with van der Waals surface area (Å²) in [6.45, 7) is 5.42. The summed E-state index contributed by atoms with van der Waals surface area (Å²) in [6.07, 6.45) is -3.54. The molecule has 36 heavy (non-hydrogen) atoms. The van der Waals surface area contributed by atoms with Gasteiger partial charge in [-0.3, -0.25) is 23.7 Å². The highest BCUT2D eigenvalue weighted by atomic mass is 31.2. The molecule has 0 amide bonds. The average Bonchev–Trinajstić information content (AvgIpc) is 3.01. The second kappa shape index (κ2) is 11.1. The second-order valence-corrected chi connectivity index (χ2v) is 10.4. The van der Waals surface area contributed by atoms with Crippen molar-refractivity contribution in [3.05, 3.63) is 63.4 Å². The molecule has 0 spiro atoms. The molecule has 198 valence electrons. The summed E-state index contributed by atoms with van der Waals surface area (Å²) in [7, 11) is -4.26. The zero-order valence-electron chi connectivity index (χ0n) is 20.2. The Kier molecular flexibility index (Phi) is 8.55. The van der Waals surface area contributed by atoms with Gasteiger partial charge in [-0.25, -0.2) is 9.36 Å². The van der Waals surface area contributed by atoms with E-state index in [0.717, 1.165) is 16.8 Å². The number of carbonyl (C=O) groups excluding carboxylic acids is 1. The van der Waals surface area contributed by atoms with E-state index in [1.807, 2.05) is 4.98 Å². The van der Waals surface area contributed by atoms with Crippen LogP contribution in [0.3, 0.4) is 0 Å². The molecule has 1 fully saturated rings. The molecular weight excluding hydrogens is 497 g/mol. The van der Waals surface area contributed by atoms with Gasteiger partial charge in [0.25, 0.3) is 5.56 Å². The van der Waals surface area contributed by atoms with Crippen molar-refractivity contribution in [2.45, 2.75) is 63.9 Å². The van der Waals surface area contributed by atoms with E-state index in [2.05, 4.69) is 5.09 Å². The highest BCUT2D eigenvalue weighted by Crippen LogP contribution is 2.46. The van der Waals surface area contributed by atoms with Gasteiger partial charge in [0.1, 0.15) is 29.6 Å². The molecule has 1 aromatic carbocycles. The fourth-order valence-corrected chi connectivity index (χ4v) is 5.00. The molecule has 6 unspecified atom stereocenters. The standard InChI is InChI=1S/C22H30N3O10P/c1-13(2)33-19(28)14(3)24-36(31,35-15-8-6-5-7-9-15)32-12-16-18(27)22(4,30)20(34-16)25-11-10-17(26)23-21(25)29/h5-11,13-14,16,18,20,27,30H,12H2,1-4H3,(H,24,31)(H,23,26,29). The van der Waals surface area contributed by atoms with Gasteiger partial charge >= 0.3 is 19.4 Å². The Morgan fingerprint density at radius 1 is 1.25 bits per heavy atom. The average molecular weight is 527 g/mol. The van der Waals surface area contributed by atoms with Crippen molar-refractivity contribution >= 4 is 13.7 Å². The Balaban J connectivity index is 1.80. The molecule has 4 N–H and O–H groups in total. The van der Waals surface area contributed by atoms with Crippen molar-refractivity contribution in [2.75, 3.05) is 6.61 Å². The van der Waals surface area contributed by atoms with Crippen molar-refractivity contribution in [3.63, 3.8) is 0 Å². The predicted octanol–water partition coefficient (Wildman–Crippen LogP) is 0.679. The van der Waals surface area contributed by atoms with E-state index in [-0.39, 0.29) is 5.75 Å². The maximum absolute atomic E-state index is 13.6. The van der Waals surface area contributed by atoms with E-state index in [0.29, 0.717) is 0 Å². The molecule has 3 rings (SSSR count). The van der Waals surface area contributed by atoms with Crippen LogP contribution in [0.1, 0.15) is 33.9 Å². The smallest absolute Gasteiger partial charge is 0.459 e. The number of ether oxygens (including phenoxy) is 2. The number of carbonyl (C=O) groups is 1. The molecule has 6 atom stereocenters. The number of H-pyrrole nitrogens is 1. The van der Waals surface area contributed by atoms with Gasteiger partial charge < -0.3 is 24.2 Å². The van der Waals surface area contributed by atoms with Crippen LogP contribution < -0.4 is 20.9 Å². The van der Waals surface area contributed by atoms with Crippen LogP contribution in [0, 0.1) is 0 Å². The van der Waals surface area contributed by atoms with Crippen molar-refractivity contribution in [1.82, 2.24) is 14.6 Å². The maximum Gasteiger partial charge on any atom is 0.459 e. The lowest BCUT2D eigenvalue weighted by molar-refractivity contribution is -0.149. The normalized spacial score (nSPS) is 26.4. The van der Waals surface area contributed by atoms with Crippen molar-refractivity contribution in [1.29, 1.82) is 0 Å². The molecule has 14 heteroatoms. The first-order valence-electron chi connectivity index (χ1n) is 11.2. The van der Waals surface area contributed by atoms with Gasteiger partial charge in [-0.1, -0.05) is 18.2 Å². The third-order valence-corrected chi connectivity index (χ3v) is 6.94. The van der Waals surface area contributed by atoms with Crippen molar-refractivity contribution in [2.24, 2.45) is 0 Å². The summed E-state index contributed by atoms with van der Waals surface area (Å²) in [5, 5.41) is 24.0. The number of aromatic nitrogens is 2. The number of rotatable bonds is 10. The second-order valence-electron chi connectivity index (χ2n) is 8.75. The monoisotopic (exact) mass is 527 g/mol. The van der Waals surface area contributed by atoms with E-state index in [9.17, 15) is 29.2 Å². The number of aliphatic hydroxyl groups excluding tert-OH is 1. The number of hydrogen-bond acceptors (Lipinski definition) is 10. The van der Waals surface area contributed by atoms with Crippen LogP contribution in [0.4, 0.5) is 0 Å². The lowest BCUT2D eigenvalue weighted by atomic mass is 9.96. The summed E-state index contributed by atoms with van der Waals surface area (Å²) < 4.78 is 36.3. The minimum absolute atomic E-state index is 0.176. The molecule has 0 bridgehead atoms. The minimum atomic E-state index is -4.26. The molecule has 1 aliphatic rings. The largest absolute Gasteiger partial charge is 0.462 e. The van der Waals surface area contributed by atoms with Crippen LogP contribution in [0.2, 0.25) is 0 Å². The van der Waals surface area contributed by atoms with Crippen LogP contribution >= 0.6 is 7.75 Å². The van der Waals surface area contributed by atoms with Crippen LogP contribution in [0.25, 0.3) is 0 Å². The van der Waals surface area contributed by atoms with Gasteiger partial charge in [0.15, 0.2) is 6.23 Å². The lowest BCUT2D eigenvalue weighted by Gasteiger charge is -2.27. The third kappa shape index (κ3) is 6.49. The number of nitrogens with one attached hydrogen (secondary N) is 2. The van der Waals surface area contributed by atoms with E-state index < -0.39 is 67.8 Å². The fourth-order valence-electron chi connectivity index (χ4n) is 3.50. The molecule has 1 aliphatic heterocycles. The molecule has 0 radical (unpaired) electrons. The Morgan fingerprint density at radius 3 is 2.53 bits per heavy atom. The number of benzene rings is 1. The quantitative estimate of drug-likeness (QED) is 0.252. The van der Waals surface area contributed by atoms with Crippen LogP contribution in [0.15, 0.2) is 52.2 Å². The first kappa shape index (κ1) is 27.8. The number of para-hydroxylation sites is 1. The SMILES string of the molecule is CC(C)OC(=O)C(C)NP(=O)(OCC1OC(n2ccc(=O)[nH]c2=O)C(C)(O)C1O)Oc1ccccc1. The van der Waals surface area contributed by atoms with Gasteiger partial charge in [0, 0.05) is 12.3 Å².